The van der Waals surface area contributed by atoms with Crippen molar-refractivity contribution < 1.29 is 0 Å². The van der Waals surface area contributed by atoms with Crippen molar-refractivity contribution in [1.29, 1.82) is 0 Å². The summed E-state index contributed by atoms with van der Waals surface area (Å²) in [7, 11) is 0. The van der Waals surface area contributed by atoms with E-state index in [-0.39, 0.29) is 5.69 Å². The number of nitrogens with one attached hydrogen (secondary N) is 1. The molecule has 1 aromatic carbocycles. The third-order valence-corrected chi connectivity index (χ3v) is 3.07. The number of hydrogen-bond acceptors (Lipinski definition) is 3. The van der Waals surface area contributed by atoms with E-state index in [1.807, 2.05) is 44.2 Å². The summed E-state index contributed by atoms with van der Waals surface area (Å²) in [5.41, 5.74) is 2.41. The Morgan fingerprint density at radius 3 is 2.79 bits per heavy atom. The maximum absolute atomic E-state index is 11.8. The lowest BCUT2D eigenvalue weighted by Gasteiger charge is -2.11. The van der Waals surface area contributed by atoms with Gasteiger partial charge in [0.25, 0.3) is 0 Å². The Labute approximate surface area is 117 Å². The molecule has 0 unspecified atom stereocenters. The Balaban J connectivity index is 2.02. The average Bonchev–Trinajstić information content (AvgIpc) is 2.32. The predicted octanol–water partition coefficient (Wildman–Crippen LogP) is 2.63. The number of aromatic nitrogens is 2. The topological polar surface area (TPSA) is 46.9 Å². The largest absolute Gasteiger partial charge is 0.383 e. The van der Waals surface area contributed by atoms with Crippen LogP contribution in [-0.4, -0.2) is 16.1 Å². The van der Waals surface area contributed by atoms with Gasteiger partial charge in [-0.1, -0.05) is 17.7 Å². The minimum absolute atomic E-state index is 0.203. The van der Waals surface area contributed by atoms with Crippen molar-refractivity contribution in [3.63, 3.8) is 0 Å². The zero-order chi connectivity index (χ0) is 13.8. The third kappa shape index (κ3) is 3.58. The van der Waals surface area contributed by atoms with Crippen LogP contribution in [0.3, 0.4) is 0 Å². The van der Waals surface area contributed by atoms with Gasteiger partial charge in [0.15, 0.2) is 0 Å². The van der Waals surface area contributed by atoms with Gasteiger partial charge in [0, 0.05) is 35.2 Å². The monoisotopic (exact) mass is 277 g/mol. The smallest absolute Gasteiger partial charge is 0.348 e. The van der Waals surface area contributed by atoms with E-state index in [1.165, 1.54) is 0 Å². The van der Waals surface area contributed by atoms with Crippen molar-refractivity contribution >= 4 is 17.3 Å². The van der Waals surface area contributed by atoms with Gasteiger partial charge in [-0.05, 0) is 38.1 Å². The van der Waals surface area contributed by atoms with E-state index >= 15 is 0 Å². The quantitative estimate of drug-likeness (QED) is 0.934. The lowest BCUT2D eigenvalue weighted by molar-refractivity contribution is 0.648. The molecule has 0 spiro atoms. The fourth-order valence-corrected chi connectivity index (χ4v) is 2.15. The van der Waals surface area contributed by atoms with Crippen LogP contribution in [0.4, 0.5) is 5.69 Å². The molecule has 4 nitrogen and oxygen atoms in total. The molecule has 5 heteroatoms. The van der Waals surface area contributed by atoms with Gasteiger partial charge in [-0.2, -0.15) is 4.98 Å². The van der Waals surface area contributed by atoms with Gasteiger partial charge in [0.1, 0.15) is 0 Å². The normalized spacial score (nSPS) is 10.5. The van der Waals surface area contributed by atoms with Crippen LogP contribution in [0.1, 0.15) is 11.4 Å². The molecule has 0 saturated heterocycles. The van der Waals surface area contributed by atoms with Crippen LogP contribution in [0.25, 0.3) is 0 Å². The van der Waals surface area contributed by atoms with E-state index in [4.69, 9.17) is 11.6 Å². The molecule has 1 aromatic heterocycles. The standard InChI is InChI=1S/C14H16ClN3O/c1-10-8-11(2)18(14(19)17-10)7-6-16-13-5-3-4-12(15)9-13/h3-5,8-9,16H,6-7H2,1-2H3. The van der Waals surface area contributed by atoms with Crippen molar-refractivity contribution in [3.05, 3.63) is 57.2 Å². The Morgan fingerprint density at radius 2 is 2.11 bits per heavy atom. The van der Waals surface area contributed by atoms with E-state index in [1.54, 1.807) is 4.57 Å². The Morgan fingerprint density at radius 1 is 1.32 bits per heavy atom. The molecule has 0 fully saturated rings. The van der Waals surface area contributed by atoms with E-state index < -0.39 is 0 Å². The average molecular weight is 278 g/mol. The van der Waals surface area contributed by atoms with Crippen LogP contribution in [-0.2, 0) is 6.54 Å². The van der Waals surface area contributed by atoms with Crippen molar-refractivity contribution in [2.24, 2.45) is 0 Å². The summed E-state index contributed by atoms with van der Waals surface area (Å²) in [6.45, 7) is 4.95. The Hall–Kier alpha value is -1.81. The first-order valence-corrected chi connectivity index (χ1v) is 6.48. The van der Waals surface area contributed by atoms with Gasteiger partial charge in [0.2, 0.25) is 0 Å². The summed E-state index contributed by atoms with van der Waals surface area (Å²) in [6, 6.07) is 9.40. The van der Waals surface area contributed by atoms with Gasteiger partial charge in [-0.3, -0.25) is 4.57 Å². The molecule has 1 heterocycles. The first-order chi connectivity index (χ1) is 9.06. The van der Waals surface area contributed by atoms with Crippen LogP contribution in [0, 0.1) is 13.8 Å². The third-order valence-electron chi connectivity index (χ3n) is 2.84. The number of aryl methyl sites for hydroxylation is 2. The Kier molecular flexibility index (Phi) is 4.22. The molecular weight excluding hydrogens is 262 g/mol. The lowest BCUT2D eigenvalue weighted by atomic mass is 10.3. The molecule has 1 N–H and O–H groups in total. The second-order valence-corrected chi connectivity index (χ2v) is 4.85. The van der Waals surface area contributed by atoms with Crippen molar-refractivity contribution in [2.75, 3.05) is 11.9 Å². The Bertz CT molecular complexity index is 637. The highest BCUT2D eigenvalue weighted by Gasteiger charge is 2.02. The fourth-order valence-electron chi connectivity index (χ4n) is 1.96. The fraction of sp³-hybridized carbons (Fsp3) is 0.286. The first-order valence-electron chi connectivity index (χ1n) is 6.11. The first kappa shape index (κ1) is 13.6. The predicted molar refractivity (Wildman–Crippen MR) is 77.9 cm³/mol. The molecule has 100 valence electrons. The number of nitrogens with zero attached hydrogens (tertiary/aromatic N) is 2. The van der Waals surface area contributed by atoms with E-state index in [0.29, 0.717) is 18.1 Å². The number of hydrogen-bond donors (Lipinski definition) is 1. The van der Waals surface area contributed by atoms with E-state index in [2.05, 4.69) is 10.3 Å². The highest BCUT2D eigenvalue weighted by molar-refractivity contribution is 6.30. The minimum atomic E-state index is -0.203. The van der Waals surface area contributed by atoms with Gasteiger partial charge in [-0.25, -0.2) is 4.79 Å². The van der Waals surface area contributed by atoms with Crippen molar-refractivity contribution in [1.82, 2.24) is 9.55 Å². The summed E-state index contributed by atoms with van der Waals surface area (Å²) >= 11 is 5.90. The molecule has 0 bridgehead atoms. The van der Waals surface area contributed by atoms with Crippen LogP contribution in [0.5, 0.6) is 0 Å². The zero-order valence-electron chi connectivity index (χ0n) is 11.0. The zero-order valence-corrected chi connectivity index (χ0v) is 11.7. The molecule has 2 rings (SSSR count). The number of benzene rings is 1. The van der Waals surface area contributed by atoms with Crippen molar-refractivity contribution in [2.45, 2.75) is 20.4 Å². The molecule has 0 amide bonds. The molecule has 2 aromatic rings. The van der Waals surface area contributed by atoms with Crippen LogP contribution in [0.2, 0.25) is 5.02 Å². The van der Waals surface area contributed by atoms with Crippen LogP contribution in [0.15, 0.2) is 35.1 Å². The number of anilines is 1. The minimum Gasteiger partial charge on any atom is -0.383 e. The second-order valence-electron chi connectivity index (χ2n) is 4.41. The summed E-state index contributed by atoms with van der Waals surface area (Å²) in [5, 5.41) is 3.92. The molecule has 0 radical (unpaired) electrons. The van der Waals surface area contributed by atoms with E-state index in [9.17, 15) is 4.79 Å². The van der Waals surface area contributed by atoms with Crippen LogP contribution >= 0.6 is 11.6 Å². The molecule has 0 saturated carbocycles. The second kappa shape index (κ2) is 5.89. The maximum Gasteiger partial charge on any atom is 0.348 e. The summed E-state index contributed by atoms with van der Waals surface area (Å²) in [4.78, 5) is 15.7. The van der Waals surface area contributed by atoms with Crippen molar-refractivity contribution in [3.8, 4) is 0 Å². The summed E-state index contributed by atoms with van der Waals surface area (Å²) in [5.74, 6) is 0. The molecule has 0 aliphatic rings. The molecule has 0 aliphatic heterocycles. The number of halogens is 1. The summed E-state index contributed by atoms with van der Waals surface area (Å²) < 4.78 is 1.66. The van der Waals surface area contributed by atoms with Gasteiger partial charge < -0.3 is 5.32 Å². The highest BCUT2D eigenvalue weighted by atomic mass is 35.5. The summed E-state index contributed by atoms with van der Waals surface area (Å²) in [6.07, 6.45) is 0. The number of rotatable bonds is 4. The molecule has 0 aliphatic carbocycles. The van der Waals surface area contributed by atoms with Gasteiger partial charge >= 0.3 is 5.69 Å². The molecule has 0 atom stereocenters. The van der Waals surface area contributed by atoms with Gasteiger partial charge in [-0.15, -0.1) is 0 Å². The SMILES string of the molecule is Cc1cc(C)n(CCNc2cccc(Cl)c2)c(=O)n1. The highest BCUT2D eigenvalue weighted by Crippen LogP contribution is 2.14. The lowest BCUT2D eigenvalue weighted by Crippen LogP contribution is -2.28. The molecular formula is C14H16ClN3O. The van der Waals surface area contributed by atoms with Crippen LogP contribution < -0.4 is 11.0 Å². The van der Waals surface area contributed by atoms with E-state index in [0.717, 1.165) is 17.1 Å². The van der Waals surface area contributed by atoms with Gasteiger partial charge in [0.05, 0.1) is 0 Å². The maximum atomic E-state index is 11.8. The molecule has 19 heavy (non-hydrogen) atoms.